The molecule has 1 unspecified atom stereocenters. The number of aliphatic hydroxyl groups is 1. The number of hydrogen-bond acceptors (Lipinski definition) is 5. The molecule has 18 heavy (non-hydrogen) atoms. The van der Waals surface area contributed by atoms with Crippen molar-refractivity contribution < 1.29 is 10.0 Å². The Labute approximate surface area is 111 Å². The van der Waals surface area contributed by atoms with Gasteiger partial charge in [-0.2, -0.15) is 11.8 Å². The topological polar surface area (TPSA) is 75.4 Å². The predicted molar refractivity (Wildman–Crippen MR) is 73.8 cm³/mol. The van der Waals surface area contributed by atoms with Crippen LogP contribution in [0.3, 0.4) is 0 Å². The molecule has 0 saturated heterocycles. The van der Waals surface area contributed by atoms with Gasteiger partial charge >= 0.3 is 0 Å². The fourth-order valence-corrected chi connectivity index (χ4v) is 2.33. The number of nitro groups is 1. The molecule has 0 bridgehead atoms. The van der Waals surface area contributed by atoms with Crippen LogP contribution >= 0.6 is 11.8 Å². The second-order valence-electron chi connectivity index (χ2n) is 3.97. The summed E-state index contributed by atoms with van der Waals surface area (Å²) in [6.07, 6.45) is 2.70. The van der Waals surface area contributed by atoms with Gasteiger partial charge in [0.1, 0.15) is 0 Å². The third kappa shape index (κ3) is 5.03. The van der Waals surface area contributed by atoms with Crippen LogP contribution in [0.4, 0.5) is 5.69 Å². The van der Waals surface area contributed by atoms with Crippen LogP contribution in [-0.2, 0) is 6.54 Å². The van der Waals surface area contributed by atoms with Crippen molar-refractivity contribution in [2.45, 2.75) is 19.0 Å². The lowest BCUT2D eigenvalue weighted by atomic mass is 10.2. The summed E-state index contributed by atoms with van der Waals surface area (Å²) >= 11 is 1.71. The van der Waals surface area contributed by atoms with Crippen molar-refractivity contribution >= 4 is 17.4 Å². The highest BCUT2D eigenvalue weighted by molar-refractivity contribution is 7.98. The summed E-state index contributed by atoms with van der Waals surface area (Å²) in [5.74, 6) is 0.912. The van der Waals surface area contributed by atoms with E-state index in [9.17, 15) is 10.1 Å². The fourth-order valence-electron chi connectivity index (χ4n) is 1.64. The molecule has 2 N–H and O–H groups in total. The Kier molecular flexibility index (Phi) is 6.70. The molecule has 1 rings (SSSR count). The van der Waals surface area contributed by atoms with Crippen LogP contribution in [0.5, 0.6) is 0 Å². The van der Waals surface area contributed by atoms with Crippen molar-refractivity contribution in [3.8, 4) is 0 Å². The van der Waals surface area contributed by atoms with Crippen molar-refractivity contribution in [3.63, 3.8) is 0 Å². The van der Waals surface area contributed by atoms with Crippen molar-refractivity contribution in [3.05, 3.63) is 39.9 Å². The summed E-state index contributed by atoms with van der Waals surface area (Å²) in [6, 6.07) is 6.82. The first-order valence-electron chi connectivity index (χ1n) is 5.74. The molecule has 0 aromatic heterocycles. The summed E-state index contributed by atoms with van der Waals surface area (Å²) in [7, 11) is 0. The summed E-state index contributed by atoms with van der Waals surface area (Å²) in [5.41, 5.74) is 0.992. The first kappa shape index (κ1) is 14.9. The lowest BCUT2D eigenvalue weighted by molar-refractivity contribution is -0.384. The zero-order valence-electron chi connectivity index (χ0n) is 10.3. The smallest absolute Gasteiger partial charge is 0.269 e. The average Bonchev–Trinajstić information content (AvgIpc) is 2.37. The number of non-ortho nitro benzene ring substituents is 1. The van der Waals surface area contributed by atoms with Crippen molar-refractivity contribution in [2.24, 2.45) is 0 Å². The number of nitrogens with one attached hydrogen (secondary N) is 1. The molecule has 0 aliphatic rings. The number of aliphatic hydroxyl groups excluding tert-OH is 1. The van der Waals surface area contributed by atoms with Gasteiger partial charge in [-0.3, -0.25) is 10.1 Å². The molecule has 0 radical (unpaired) electrons. The number of hydrogen-bond donors (Lipinski definition) is 2. The van der Waals surface area contributed by atoms with E-state index in [2.05, 4.69) is 5.32 Å². The molecule has 1 aromatic rings. The molecule has 0 spiro atoms. The maximum Gasteiger partial charge on any atom is 0.269 e. The van der Waals surface area contributed by atoms with Crippen LogP contribution in [-0.4, -0.2) is 34.7 Å². The van der Waals surface area contributed by atoms with Gasteiger partial charge in [0.05, 0.1) is 4.92 Å². The quantitative estimate of drug-likeness (QED) is 0.556. The molecule has 0 saturated carbocycles. The van der Waals surface area contributed by atoms with E-state index in [1.807, 2.05) is 12.3 Å². The van der Waals surface area contributed by atoms with E-state index in [-0.39, 0.29) is 18.3 Å². The van der Waals surface area contributed by atoms with Gasteiger partial charge in [0.15, 0.2) is 0 Å². The summed E-state index contributed by atoms with van der Waals surface area (Å²) < 4.78 is 0. The summed E-state index contributed by atoms with van der Waals surface area (Å²) in [5, 5.41) is 22.9. The van der Waals surface area contributed by atoms with Gasteiger partial charge < -0.3 is 10.4 Å². The Balaban J connectivity index is 2.55. The minimum absolute atomic E-state index is 0.109. The Hall–Kier alpha value is -1.11. The molecule has 1 atom stereocenters. The van der Waals surface area contributed by atoms with Crippen molar-refractivity contribution in [2.75, 3.05) is 18.6 Å². The van der Waals surface area contributed by atoms with Gasteiger partial charge in [-0.25, -0.2) is 0 Å². The molecule has 100 valence electrons. The molecule has 0 fully saturated rings. The minimum Gasteiger partial charge on any atom is -0.396 e. The van der Waals surface area contributed by atoms with E-state index in [1.54, 1.807) is 23.9 Å². The Morgan fingerprint density at radius 3 is 2.94 bits per heavy atom. The van der Waals surface area contributed by atoms with Crippen LogP contribution in [0.2, 0.25) is 0 Å². The van der Waals surface area contributed by atoms with Crippen LogP contribution in [0.25, 0.3) is 0 Å². The van der Waals surface area contributed by atoms with Gasteiger partial charge in [-0.15, -0.1) is 0 Å². The van der Waals surface area contributed by atoms with Gasteiger partial charge in [0, 0.05) is 37.1 Å². The maximum absolute atomic E-state index is 10.6. The van der Waals surface area contributed by atoms with E-state index >= 15 is 0 Å². The lowest BCUT2D eigenvalue weighted by Gasteiger charge is -2.16. The molecule has 6 heteroatoms. The minimum atomic E-state index is -0.392. The Morgan fingerprint density at radius 2 is 2.33 bits per heavy atom. The van der Waals surface area contributed by atoms with E-state index in [1.165, 1.54) is 6.07 Å². The SMILES string of the molecule is CSCC(CCO)NCc1cccc([N+](=O)[O-])c1. The molecule has 5 nitrogen and oxygen atoms in total. The van der Waals surface area contributed by atoms with Crippen molar-refractivity contribution in [1.82, 2.24) is 5.32 Å². The number of thioether (sulfide) groups is 1. The highest BCUT2D eigenvalue weighted by Gasteiger charge is 2.09. The standard InChI is InChI=1S/C12H18N2O3S/c1-18-9-11(5-6-15)13-8-10-3-2-4-12(7-10)14(16)17/h2-4,7,11,13,15H,5-6,8-9H2,1H3. The van der Waals surface area contributed by atoms with E-state index in [0.717, 1.165) is 11.3 Å². The van der Waals surface area contributed by atoms with Gasteiger partial charge in [-0.05, 0) is 18.2 Å². The second-order valence-corrected chi connectivity index (χ2v) is 4.88. The summed E-state index contributed by atoms with van der Waals surface area (Å²) in [6.45, 7) is 0.722. The van der Waals surface area contributed by atoms with Crippen LogP contribution in [0.1, 0.15) is 12.0 Å². The van der Waals surface area contributed by atoms with Crippen LogP contribution in [0, 0.1) is 10.1 Å². The molecular weight excluding hydrogens is 252 g/mol. The molecule has 0 aliphatic carbocycles. The molecule has 0 amide bonds. The van der Waals surface area contributed by atoms with Crippen molar-refractivity contribution in [1.29, 1.82) is 0 Å². The normalized spacial score (nSPS) is 12.3. The number of nitrogens with zero attached hydrogens (tertiary/aromatic N) is 1. The third-order valence-electron chi connectivity index (χ3n) is 2.56. The first-order valence-corrected chi connectivity index (χ1v) is 7.13. The maximum atomic E-state index is 10.6. The molecular formula is C12H18N2O3S. The lowest BCUT2D eigenvalue weighted by Crippen LogP contribution is -2.31. The average molecular weight is 270 g/mol. The number of benzene rings is 1. The number of nitro benzene ring substituents is 1. The van der Waals surface area contributed by atoms with Gasteiger partial charge in [-0.1, -0.05) is 12.1 Å². The molecule has 0 heterocycles. The largest absolute Gasteiger partial charge is 0.396 e. The highest BCUT2D eigenvalue weighted by atomic mass is 32.2. The zero-order valence-corrected chi connectivity index (χ0v) is 11.2. The molecule has 1 aromatic carbocycles. The van der Waals surface area contributed by atoms with Gasteiger partial charge in [0.2, 0.25) is 0 Å². The Morgan fingerprint density at radius 1 is 1.56 bits per heavy atom. The fraction of sp³-hybridized carbons (Fsp3) is 0.500. The third-order valence-corrected chi connectivity index (χ3v) is 3.30. The monoisotopic (exact) mass is 270 g/mol. The van der Waals surface area contributed by atoms with Crippen LogP contribution < -0.4 is 5.32 Å². The predicted octanol–water partition coefficient (Wildman–Crippen LogP) is 1.80. The second kappa shape index (κ2) is 8.07. The van der Waals surface area contributed by atoms with E-state index in [4.69, 9.17) is 5.11 Å². The van der Waals surface area contributed by atoms with Crippen LogP contribution in [0.15, 0.2) is 24.3 Å². The highest BCUT2D eigenvalue weighted by Crippen LogP contribution is 2.13. The zero-order chi connectivity index (χ0) is 13.4. The number of rotatable bonds is 8. The first-order chi connectivity index (χ1) is 8.67. The Bertz CT molecular complexity index is 381. The van der Waals surface area contributed by atoms with E-state index in [0.29, 0.717) is 13.0 Å². The molecule has 0 aliphatic heterocycles. The van der Waals surface area contributed by atoms with Gasteiger partial charge in [0.25, 0.3) is 5.69 Å². The van der Waals surface area contributed by atoms with E-state index < -0.39 is 4.92 Å². The summed E-state index contributed by atoms with van der Waals surface area (Å²) in [4.78, 5) is 10.3.